The van der Waals surface area contributed by atoms with Gasteiger partial charge in [-0.1, -0.05) is 6.07 Å². The highest BCUT2D eigenvalue weighted by molar-refractivity contribution is 14.1. The number of ether oxygens (including phenoxy) is 2. The average molecular weight is 550 g/mol. The highest BCUT2D eigenvalue weighted by Gasteiger charge is 2.30. The lowest BCUT2D eigenvalue weighted by Gasteiger charge is -2.39. The van der Waals surface area contributed by atoms with E-state index in [-0.39, 0.29) is 23.1 Å². The van der Waals surface area contributed by atoms with Gasteiger partial charge in [-0.3, -0.25) is 17.6 Å². The second-order valence-electron chi connectivity index (χ2n) is 7.92. The Hall–Kier alpha value is -2.73. The topological polar surface area (TPSA) is 87.8 Å². The van der Waals surface area contributed by atoms with Crippen LogP contribution in [-0.2, 0) is 13.0 Å². The van der Waals surface area contributed by atoms with Crippen molar-refractivity contribution in [3.8, 4) is 11.5 Å². The van der Waals surface area contributed by atoms with E-state index in [1.807, 2.05) is 28.9 Å². The average Bonchev–Trinajstić information content (AvgIpc) is 3.25. The van der Waals surface area contributed by atoms with E-state index in [0.717, 1.165) is 0 Å². The molecule has 1 N–H and O–H groups in total. The number of likely N-dealkylation sites (tertiary alicyclic amines) is 1. The molecule has 0 radical (unpaired) electrons. The number of carbonyl (C=O) groups excluding carboxylic acids is 1. The van der Waals surface area contributed by atoms with Crippen LogP contribution in [0.5, 0.6) is 11.5 Å². The summed E-state index contributed by atoms with van der Waals surface area (Å²) in [6, 6.07) is 6.91. The zero-order valence-electron chi connectivity index (χ0n) is 17.2. The van der Waals surface area contributed by atoms with Gasteiger partial charge in [-0.25, -0.2) is 9.37 Å². The number of hydrogen-bond acceptors (Lipinski definition) is 6. The van der Waals surface area contributed by atoms with Crippen molar-refractivity contribution in [2.45, 2.75) is 19.1 Å². The number of benzene rings is 1. The quantitative estimate of drug-likeness (QED) is 0.389. The first-order chi connectivity index (χ1) is 15.4. The molecular formula is C22H20FIN4O4. The number of nitrogens with zero attached hydrogens (tertiary/aromatic N) is 3. The Bertz CT molecular complexity index is 1260. The Morgan fingerprint density at radius 3 is 2.91 bits per heavy atom. The zero-order valence-corrected chi connectivity index (χ0v) is 19.4. The van der Waals surface area contributed by atoms with Crippen LogP contribution in [0, 0.1) is 5.82 Å². The van der Waals surface area contributed by atoms with E-state index in [1.54, 1.807) is 25.2 Å². The summed E-state index contributed by atoms with van der Waals surface area (Å²) in [6.07, 6.45) is 2.05. The Morgan fingerprint density at radius 1 is 1.38 bits per heavy atom. The molecule has 2 aromatic heterocycles. The highest BCUT2D eigenvalue weighted by atomic mass is 127. The molecule has 0 aliphatic carbocycles. The fraction of sp³-hybridized carbons (Fsp3) is 0.318. The van der Waals surface area contributed by atoms with Gasteiger partial charge in [0, 0.05) is 44.1 Å². The maximum absolute atomic E-state index is 15.1. The van der Waals surface area contributed by atoms with Crippen LogP contribution in [0.3, 0.4) is 0 Å². The van der Waals surface area contributed by atoms with E-state index >= 15 is 4.39 Å². The Kier molecular flexibility index (Phi) is 5.49. The lowest BCUT2D eigenvalue weighted by atomic mass is 10.0. The molecule has 0 bridgehead atoms. The number of aromatic amines is 1. The summed E-state index contributed by atoms with van der Waals surface area (Å²) in [7, 11) is 1.66. The van der Waals surface area contributed by atoms with Crippen LogP contribution >= 0.6 is 22.9 Å². The van der Waals surface area contributed by atoms with Gasteiger partial charge in [0.2, 0.25) is 0 Å². The molecule has 1 amide bonds. The normalized spacial score (nSPS) is 15.8. The number of halogens is 2. The number of rotatable bonds is 5. The molecule has 2 aliphatic heterocycles. The molecule has 5 rings (SSSR count). The van der Waals surface area contributed by atoms with E-state index < -0.39 is 5.82 Å². The predicted molar refractivity (Wildman–Crippen MR) is 124 cm³/mol. The molecule has 166 valence electrons. The van der Waals surface area contributed by atoms with Crippen LogP contribution in [0.4, 0.5) is 4.39 Å². The molecule has 1 aromatic carbocycles. The Morgan fingerprint density at radius 2 is 2.19 bits per heavy atom. The molecule has 10 heteroatoms. The smallest absolute Gasteiger partial charge is 0.280 e. The van der Waals surface area contributed by atoms with Gasteiger partial charge in [0.1, 0.15) is 23.3 Å². The zero-order chi connectivity index (χ0) is 22.4. The van der Waals surface area contributed by atoms with Crippen LogP contribution in [0.2, 0.25) is 0 Å². The number of H-pyrrole nitrogens is 1. The molecule has 1 fully saturated rings. The van der Waals surface area contributed by atoms with Crippen molar-refractivity contribution < 1.29 is 18.7 Å². The van der Waals surface area contributed by atoms with Crippen molar-refractivity contribution in [3.63, 3.8) is 0 Å². The lowest BCUT2D eigenvalue weighted by molar-refractivity contribution is 0.0138. The van der Waals surface area contributed by atoms with Gasteiger partial charge in [-0.05, 0) is 18.2 Å². The fourth-order valence-electron chi connectivity index (χ4n) is 4.05. The first-order valence-electron chi connectivity index (χ1n) is 10.2. The number of hydrogen-bond donors (Lipinski definition) is 1. The van der Waals surface area contributed by atoms with E-state index in [1.165, 1.54) is 9.31 Å². The first kappa shape index (κ1) is 21.1. The van der Waals surface area contributed by atoms with Crippen LogP contribution < -0.4 is 15.0 Å². The number of aromatic nitrogens is 2. The van der Waals surface area contributed by atoms with Crippen molar-refractivity contribution >= 4 is 39.7 Å². The minimum absolute atomic E-state index is 0.0365. The third-order valence-electron chi connectivity index (χ3n) is 5.71. The highest BCUT2D eigenvalue weighted by Crippen LogP contribution is 2.33. The number of carbonyl (C=O) groups is 1. The first-order valence-corrected chi connectivity index (χ1v) is 11.1. The molecule has 4 heterocycles. The summed E-state index contributed by atoms with van der Waals surface area (Å²) in [5.74, 6) is 0.484. The van der Waals surface area contributed by atoms with Crippen LogP contribution in [-0.4, -0.2) is 56.7 Å². The standard InChI is InChI=1S/C22H20FIN4O4/c1-27(24)22(30)17-5-3-13(8-25-17)32-14-10-28(11-14)9-12-2-4-15-19(18(12)23)26-21(29)16-6-7-31-20(15)16/h2-5,8,14H,6-7,9-11H2,1H3,(H,26,29). The molecule has 1 saturated heterocycles. The summed E-state index contributed by atoms with van der Waals surface area (Å²) in [5.41, 5.74) is 1.35. The largest absolute Gasteiger partial charge is 0.492 e. The fourth-order valence-corrected chi connectivity index (χ4v) is 4.30. The van der Waals surface area contributed by atoms with Gasteiger partial charge in [0.25, 0.3) is 11.5 Å². The Balaban J connectivity index is 1.23. The van der Waals surface area contributed by atoms with Crippen molar-refractivity contribution in [2.75, 3.05) is 26.7 Å². The second kappa shape index (κ2) is 8.32. The predicted octanol–water partition coefficient (Wildman–Crippen LogP) is 2.68. The number of pyridine rings is 2. The van der Waals surface area contributed by atoms with Crippen molar-refractivity contribution in [2.24, 2.45) is 0 Å². The van der Waals surface area contributed by atoms with Crippen molar-refractivity contribution in [1.82, 2.24) is 18.0 Å². The van der Waals surface area contributed by atoms with Crippen LogP contribution in [0.1, 0.15) is 21.6 Å². The van der Waals surface area contributed by atoms with E-state index in [9.17, 15) is 9.59 Å². The van der Waals surface area contributed by atoms with E-state index in [2.05, 4.69) is 14.9 Å². The second-order valence-corrected chi connectivity index (χ2v) is 9.36. The van der Waals surface area contributed by atoms with Gasteiger partial charge >= 0.3 is 0 Å². The monoisotopic (exact) mass is 550 g/mol. The minimum Gasteiger partial charge on any atom is -0.492 e. The maximum atomic E-state index is 15.1. The van der Waals surface area contributed by atoms with E-state index in [4.69, 9.17) is 9.47 Å². The Labute approximate surface area is 196 Å². The third-order valence-corrected chi connectivity index (χ3v) is 6.15. The van der Waals surface area contributed by atoms with Crippen molar-refractivity contribution in [3.05, 3.63) is 63.5 Å². The molecule has 32 heavy (non-hydrogen) atoms. The number of nitrogens with one attached hydrogen (secondary N) is 1. The number of amides is 1. The van der Waals surface area contributed by atoms with Gasteiger partial charge in [-0.2, -0.15) is 0 Å². The molecule has 0 saturated carbocycles. The third kappa shape index (κ3) is 3.81. The molecule has 2 aliphatic rings. The summed E-state index contributed by atoms with van der Waals surface area (Å²) in [4.78, 5) is 33.0. The number of fused-ring (bicyclic) bond motifs is 3. The SMILES string of the molecule is CN(I)C(=O)c1ccc(OC2CN(Cc3ccc4c5c(c(=O)[nH]c4c3F)CCO5)C2)cn1. The van der Waals surface area contributed by atoms with Crippen molar-refractivity contribution in [1.29, 1.82) is 0 Å². The molecular weight excluding hydrogens is 530 g/mol. The molecule has 0 unspecified atom stereocenters. The summed E-state index contributed by atoms with van der Waals surface area (Å²) < 4.78 is 28.0. The lowest BCUT2D eigenvalue weighted by Crippen LogP contribution is -2.53. The van der Waals surface area contributed by atoms with Gasteiger partial charge in [0.05, 0.1) is 46.7 Å². The van der Waals surface area contributed by atoms with Crippen LogP contribution in [0.15, 0.2) is 35.3 Å². The molecule has 0 atom stereocenters. The maximum Gasteiger partial charge on any atom is 0.280 e. The van der Waals surface area contributed by atoms with Gasteiger partial charge in [-0.15, -0.1) is 0 Å². The molecule has 3 aromatic rings. The summed E-state index contributed by atoms with van der Waals surface area (Å²) in [5, 5.41) is 0.603. The molecule has 8 nitrogen and oxygen atoms in total. The van der Waals surface area contributed by atoms with Gasteiger partial charge < -0.3 is 14.5 Å². The van der Waals surface area contributed by atoms with Gasteiger partial charge in [0.15, 0.2) is 5.82 Å². The van der Waals surface area contributed by atoms with Crippen LogP contribution in [0.25, 0.3) is 10.9 Å². The van der Waals surface area contributed by atoms with E-state index in [0.29, 0.717) is 66.4 Å². The molecule has 0 spiro atoms. The minimum atomic E-state index is -0.424. The summed E-state index contributed by atoms with van der Waals surface area (Å²) >= 11 is 1.90. The summed E-state index contributed by atoms with van der Waals surface area (Å²) in [6.45, 7) is 2.13.